The van der Waals surface area contributed by atoms with Gasteiger partial charge in [-0.05, 0) is 11.8 Å². The van der Waals surface area contributed by atoms with Gasteiger partial charge in [0.25, 0.3) is 0 Å². The highest BCUT2D eigenvalue weighted by Crippen LogP contribution is 2.29. The molecule has 1 rings (SSSR count). The van der Waals surface area contributed by atoms with E-state index >= 15 is 0 Å². The number of nitrogen functional groups attached to an aromatic ring is 1. The molecule has 5 nitrogen and oxygen atoms in total. The maximum Gasteiger partial charge on any atom is 0.451 e. The van der Waals surface area contributed by atoms with Crippen molar-refractivity contribution in [2.24, 2.45) is 11.3 Å². The summed E-state index contributed by atoms with van der Waals surface area (Å²) in [6, 6.07) is 1.22. The lowest BCUT2D eigenvalue weighted by molar-refractivity contribution is -0.145. The maximum atomic E-state index is 12.5. The van der Waals surface area contributed by atoms with Crippen LogP contribution in [-0.4, -0.2) is 16.6 Å². The average molecular weight is 278 g/mol. The van der Waals surface area contributed by atoms with Crippen molar-refractivity contribution in [1.29, 1.82) is 0 Å². The van der Waals surface area contributed by atoms with Gasteiger partial charge in [-0.3, -0.25) is 0 Å². The lowest BCUT2D eigenvalue weighted by Crippen LogP contribution is -2.17. The summed E-state index contributed by atoms with van der Waals surface area (Å²) in [7, 11) is 0. The Morgan fingerprint density at radius 3 is 2.37 bits per heavy atom. The van der Waals surface area contributed by atoms with Crippen LogP contribution in [0.1, 0.15) is 33.0 Å². The van der Waals surface area contributed by atoms with Crippen molar-refractivity contribution in [3.05, 3.63) is 11.9 Å². The van der Waals surface area contributed by atoms with E-state index in [4.69, 9.17) is 10.6 Å². The molecule has 0 aliphatic carbocycles. The fraction of sp³-hybridized carbons (Fsp3) is 0.636. The summed E-state index contributed by atoms with van der Waals surface area (Å²) in [5.74, 6) is 3.48. The van der Waals surface area contributed by atoms with E-state index in [1.807, 2.05) is 20.8 Å². The van der Waals surface area contributed by atoms with E-state index < -0.39 is 12.0 Å². The largest absolute Gasteiger partial charge is 0.477 e. The number of rotatable bonds is 4. The first kappa shape index (κ1) is 15.5. The van der Waals surface area contributed by atoms with Gasteiger partial charge in [0.05, 0.1) is 6.61 Å². The fourth-order valence-electron chi connectivity index (χ4n) is 1.16. The third kappa shape index (κ3) is 5.29. The standard InChI is InChI=1S/C11H17F3N4O/c1-10(2,3)4-5-19-8-6-7(18-15)16-9(17-8)11(12,13)14/h6H,4-5,15H2,1-3H3,(H,16,17,18). The molecule has 0 aliphatic heterocycles. The summed E-state index contributed by atoms with van der Waals surface area (Å²) in [5.41, 5.74) is 2.08. The fourth-order valence-corrected chi connectivity index (χ4v) is 1.16. The molecule has 1 heterocycles. The molecule has 1 aromatic rings. The molecule has 108 valence electrons. The third-order valence-corrected chi connectivity index (χ3v) is 2.21. The molecule has 0 aromatic carbocycles. The molecular weight excluding hydrogens is 261 g/mol. The Kier molecular flexibility index (Phi) is 4.56. The highest BCUT2D eigenvalue weighted by atomic mass is 19.4. The lowest BCUT2D eigenvalue weighted by Gasteiger charge is -2.18. The Morgan fingerprint density at radius 2 is 1.89 bits per heavy atom. The molecule has 3 N–H and O–H groups in total. The van der Waals surface area contributed by atoms with Crippen LogP contribution < -0.4 is 16.0 Å². The minimum absolute atomic E-state index is 0.0227. The normalized spacial score (nSPS) is 12.4. The van der Waals surface area contributed by atoms with Crippen molar-refractivity contribution >= 4 is 5.82 Å². The molecule has 0 bridgehead atoms. The lowest BCUT2D eigenvalue weighted by atomic mass is 9.93. The quantitative estimate of drug-likeness (QED) is 0.654. The molecule has 0 aliphatic rings. The number of nitrogens with two attached hydrogens (primary N) is 1. The van der Waals surface area contributed by atoms with Gasteiger partial charge in [-0.2, -0.15) is 18.2 Å². The zero-order chi connectivity index (χ0) is 14.7. The van der Waals surface area contributed by atoms with Crippen molar-refractivity contribution in [3.8, 4) is 5.88 Å². The summed E-state index contributed by atoms with van der Waals surface area (Å²) < 4.78 is 42.9. The smallest absolute Gasteiger partial charge is 0.451 e. The van der Waals surface area contributed by atoms with Crippen LogP contribution in [0.5, 0.6) is 5.88 Å². The van der Waals surface area contributed by atoms with Crippen LogP contribution in [0.15, 0.2) is 6.07 Å². The van der Waals surface area contributed by atoms with Gasteiger partial charge in [-0.25, -0.2) is 10.8 Å². The highest BCUT2D eigenvalue weighted by molar-refractivity contribution is 5.37. The van der Waals surface area contributed by atoms with Crippen molar-refractivity contribution in [1.82, 2.24) is 9.97 Å². The van der Waals surface area contributed by atoms with E-state index in [0.29, 0.717) is 6.42 Å². The van der Waals surface area contributed by atoms with Crippen molar-refractivity contribution in [3.63, 3.8) is 0 Å². The Balaban J connectivity index is 2.83. The summed E-state index contributed by atoms with van der Waals surface area (Å²) in [6.07, 6.45) is -3.96. The molecule has 0 saturated heterocycles. The number of alkyl halides is 3. The molecular formula is C11H17F3N4O. The van der Waals surface area contributed by atoms with E-state index in [-0.39, 0.29) is 23.7 Å². The first-order chi connectivity index (χ1) is 8.62. The highest BCUT2D eigenvalue weighted by Gasteiger charge is 2.35. The molecule has 0 fully saturated rings. The molecule has 8 heteroatoms. The zero-order valence-electron chi connectivity index (χ0n) is 11.0. The number of hydrogen-bond donors (Lipinski definition) is 2. The Labute approximate surface area is 109 Å². The van der Waals surface area contributed by atoms with E-state index in [0.717, 1.165) is 0 Å². The predicted octanol–water partition coefficient (Wildman–Crippen LogP) is 2.60. The second kappa shape index (κ2) is 5.60. The number of nitrogens with one attached hydrogen (secondary N) is 1. The van der Waals surface area contributed by atoms with E-state index in [1.165, 1.54) is 6.07 Å². The number of ether oxygens (including phenoxy) is 1. The Hall–Kier alpha value is -1.57. The topological polar surface area (TPSA) is 73.1 Å². The van der Waals surface area contributed by atoms with Crippen LogP contribution in [0.2, 0.25) is 0 Å². The number of hydrazine groups is 1. The molecule has 0 unspecified atom stereocenters. The minimum Gasteiger partial charge on any atom is -0.477 e. The second-order valence-electron chi connectivity index (χ2n) is 5.22. The van der Waals surface area contributed by atoms with Gasteiger partial charge in [-0.1, -0.05) is 20.8 Å². The second-order valence-corrected chi connectivity index (χ2v) is 5.22. The van der Waals surface area contributed by atoms with Crippen LogP contribution in [0, 0.1) is 5.41 Å². The molecule has 1 aromatic heterocycles. The monoisotopic (exact) mass is 278 g/mol. The number of halogens is 3. The van der Waals surface area contributed by atoms with Crippen molar-refractivity contribution < 1.29 is 17.9 Å². The molecule has 0 radical (unpaired) electrons. The van der Waals surface area contributed by atoms with E-state index in [2.05, 4.69) is 15.4 Å². The maximum absolute atomic E-state index is 12.5. The van der Waals surface area contributed by atoms with Gasteiger partial charge in [0.15, 0.2) is 0 Å². The van der Waals surface area contributed by atoms with Crippen LogP contribution in [-0.2, 0) is 6.18 Å². The molecule has 0 saturated carbocycles. The minimum atomic E-state index is -4.64. The predicted molar refractivity (Wildman–Crippen MR) is 64.4 cm³/mol. The summed E-state index contributed by atoms with van der Waals surface area (Å²) in [4.78, 5) is 6.55. The number of nitrogens with zero attached hydrogens (tertiary/aromatic N) is 2. The van der Waals surface area contributed by atoms with Gasteiger partial charge in [-0.15, -0.1) is 0 Å². The average Bonchev–Trinajstić information content (AvgIpc) is 2.25. The first-order valence-electron chi connectivity index (χ1n) is 5.67. The SMILES string of the molecule is CC(C)(C)CCOc1cc(NN)nc(C(F)(F)F)n1. The molecule has 0 amide bonds. The Morgan fingerprint density at radius 1 is 1.26 bits per heavy atom. The summed E-state index contributed by atoms with van der Waals surface area (Å²) in [6.45, 7) is 6.28. The van der Waals surface area contributed by atoms with Gasteiger partial charge in [0, 0.05) is 6.07 Å². The number of aromatic nitrogens is 2. The number of hydrogen-bond acceptors (Lipinski definition) is 5. The third-order valence-electron chi connectivity index (χ3n) is 2.21. The van der Waals surface area contributed by atoms with Gasteiger partial charge in [0.2, 0.25) is 11.7 Å². The summed E-state index contributed by atoms with van der Waals surface area (Å²) >= 11 is 0. The van der Waals surface area contributed by atoms with Crippen LogP contribution >= 0.6 is 0 Å². The van der Waals surface area contributed by atoms with E-state index in [1.54, 1.807) is 0 Å². The van der Waals surface area contributed by atoms with Gasteiger partial charge < -0.3 is 10.2 Å². The van der Waals surface area contributed by atoms with Crippen LogP contribution in [0.4, 0.5) is 19.0 Å². The van der Waals surface area contributed by atoms with Crippen LogP contribution in [0.25, 0.3) is 0 Å². The first-order valence-corrected chi connectivity index (χ1v) is 5.67. The van der Waals surface area contributed by atoms with Gasteiger partial charge in [0.1, 0.15) is 5.82 Å². The molecule has 0 atom stereocenters. The summed E-state index contributed by atoms with van der Waals surface area (Å²) in [5, 5.41) is 0. The molecule has 19 heavy (non-hydrogen) atoms. The molecule has 0 spiro atoms. The number of anilines is 1. The Bertz CT molecular complexity index is 429. The zero-order valence-corrected chi connectivity index (χ0v) is 11.0. The van der Waals surface area contributed by atoms with Crippen molar-refractivity contribution in [2.45, 2.75) is 33.4 Å². The van der Waals surface area contributed by atoms with Crippen LogP contribution in [0.3, 0.4) is 0 Å². The van der Waals surface area contributed by atoms with Crippen molar-refractivity contribution in [2.75, 3.05) is 12.0 Å². The van der Waals surface area contributed by atoms with E-state index in [9.17, 15) is 13.2 Å². The van der Waals surface area contributed by atoms with Gasteiger partial charge >= 0.3 is 6.18 Å².